The van der Waals surface area contributed by atoms with Crippen LogP contribution in [-0.4, -0.2) is 58.0 Å². The molecule has 0 spiro atoms. The Labute approximate surface area is 334 Å². The van der Waals surface area contributed by atoms with E-state index in [1.54, 1.807) is 27.9 Å². The van der Waals surface area contributed by atoms with Crippen LogP contribution in [0.5, 0.6) is 5.75 Å². The Hall–Kier alpha value is -5.65. The number of halogens is 2. The first-order valence-corrected chi connectivity index (χ1v) is 19.3. The Morgan fingerprint density at radius 2 is 1.70 bits per heavy atom. The second kappa shape index (κ2) is 14.5. The molecular formula is C43H41Cl2N7O4. The van der Waals surface area contributed by atoms with Gasteiger partial charge in [0.2, 0.25) is 0 Å². The molecule has 4 aromatic heterocycles. The monoisotopic (exact) mass is 789 g/mol. The largest absolute Gasteiger partial charge is 0.494 e. The van der Waals surface area contributed by atoms with E-state index < -0.39 is 17.5 Å². The highest BCUT2D eigenvalue weighted by molar-refractivity contribution is 6.32. The first kappa shape index (κ1) is 37.3. The van der Waals surface area contributed by atoms with Crippen molar-refractivity contribution in [2.45, 2.75) is 65.5 Å². The molecule has 0 saturated carbocycles. The van der Waals surface area contributed by atoms with Gasteiger partial charge in [-0.25, -0.2) is 14.8 Å². The van der Waals surface area contributed by atoms with Gasteiger partial charge in [-0.1, -0.05) is 53.5 Å². The van der Waals surface area contributed by atoms with E-state index in [0.29, 0.717) is 47.3 Å². The van der Waals surface area contributed by atoms with Gasteiger partial charge in [0.25, 0.3) is 5.91 Å². The van der Waals surface area contributed by atoms with Gasteiger partial charge in [0, 0.05) is 57.6 Å². The summed E-state index contributed by atoms with van der Waals surface area (Å²) in [5.74, 6) is -0.616. The van der Waals surface area contributed by atoms with Crippen LogP contribution < -0.4 is 9.64 Å². The van der Waals surface area contributed by atoms with Crippen LogP contribution in [0.4, 0.5) is 5.69 Å². The van der Waals surface area contributed by atoms with E-state index in [4.69, 9.17) is 33.0 Å². The average Bonchev–Trinajstić information content (AvgIpc) is 3.80. The minimum atomic E-state index is -1.09. The molecule has 1 aliphatic heterocycles. The van der Waals surface area contributed by atoms with Gasteiger partial charge in [-0.15, -0.1) is 0 Å². The van der Waals surface area contributed by atoms with Crippen molar-refractivity contribution in [1.29, 1.82) is 0 Å². The highest BCUT2D eigenvalue weighted by atomic mass is 35.5. The van der Waals surface area contributed by atoms with Crippen molar-refractivity contribution in [3.8, 4) is 16.9 Å². The standard InChI is InChI=1S/C43H41Cl2N7O4/c1-23-16-30(17-24(2)37(23)44)56-15-9-13-32-31-11-8-12-33(36-25(3)48-49(6)26(36)4)39(31)51-27(5)41(45)52(42(53)40(32)51)34-14-7-10-29-18-35(43(54)55)50(38(29)34)21-28-19-46-22-47-20-28/h7-8,10-12,14,16-20,22,27,41H,9,13,15,21H2,1-6H3,(H,54,55)/t27-,41?/m1/s1. The van der Waals surface area contributed by atoms with Gasteiger partial charge in [-0.05, 0) is 88.4 Å². The summed E-state index contributed by atoms with van der Waals surface area (Å²) < 4.78 is 11.9. The number of hydrogen-bond donors (Lipinski definition) is 1. The summed E-state index contributed by atoms with van der Waals surface area (Å²) in [5, 5.41) is 17.4. The topological polar surface area (TPSA) is 120 Å². The van der Waals surface area contributed by atoms with Crippen molar-refractivity contribution >= 4 is 62.6 Å². The molecule has 13 heteroatoms. The van der Waals surface area contributed by atoms with Gasteiger partial charge >= 0.3 is 5.97 Å². The summed E-state index contributed by atoms with van der Waals surface area (Å²) >= 11 is 13.9. The Morgan fingerprint density at radius 1 is 0.982 bits per heavy atom. The molecule has 8 rings (SSSR count). The molecule has 56 heavy (non-hydrogen) atoms. The molecule has 7 aromatic rings. The summed E-state index contributed by atoms with van der Waals surface area (Å²) in [6, 6.07) is 16.8. The van der Waals surface area contributed by atoms with E-state index in [-0.39, 0.29) is 18.1 Å². The van der Waals surface area contributed by atoms with Crippen molar-refractivity contribution in [2.75, 3.05) is 11.5 Å². The lowest BCUT2D eigenvalue weighted by molar-refractivity contribution is 0.0686. The minimum absolute atomic E-state index is 0.0765. The number of ether oxygens (including phenoxy) is 1. The maximum absolute atomic E-state index is 15.4. The molecule has 1 unspecified atom stereocenters. The molecule has 0 aliphatic carbocycles. The number of para-hydroxylation sites is 2. The lowest BCUT2D eigenvalue weighted by atomic mass is 9.98. The number of carboxylic acid groups (broad SMARTS) is 1. The van der Waals surface area contributed by atoms with Crippen LogP contribution in [0, 0.1) is 27.7 Å². The second-order valence-electron chi connectivity index (χ2n) is 14.6. The highest BCUT2D eigenvalue weighted by Gasteiger charge is 2.42. The number of carbonyl (C=O) groups excluding carboxylic acids is 1. The van der Waals surface area contributed by atoms with E-state index >= 15 is 4.79 Å². The van der Waals surface area contributed by atoms with E-state index in [1.807, 2.05) is 75.8 Å². The normalized spacial score (nSPS) is 15.6. The number of benzene rings is 3. The number of aryl methyl sites for hydroxylation is 5. The van der Waals surface area contributed by atoms with Gasteiger partial charge in [-0.3, -0.25) is 14.4 Å². The molecule has 2 atom stereocenters. The van der Waals surface area contributed by atoms with Crippen LogP contribution in [-0.2, 0) is 20.0 Å². The first-order chi connectivity index (χ1) is 26.9. The third-order valence-corrected chi connectivity index (χ3v) is 12.1. The molecule has 0 fully saturated rings. The molecule has 0 bridgehead atoms. The van der Waals surface area contributed by atoms with Crippen LogP contribution >= 0.6 is 23.2 Å². The van der Waals surface area contributed by atoms with Crippen LogP contribution in [0.3, 0.4) is 0 Å². The van der Waals surface area contributed by atoms with Crippen molar-refractivity contribution in [2.24, 2.45) is 7.05 Å². The van der Waals surface area contributed by atoms with Crippen molar-refractivity contribution in [3.05, 3.63) is 123 Å². The van der Waals surface area contributed by atoms with Crippen molar-refractivity contribution < 1.29 is 19.4 Å². The molecule has 1 aliphatic rings. The summed E-state index contributed by atoms with van der Waals surface area (Å²) in [6.45, 7) is 10.6. The minimum Gasteiger partial charge on any atom is -0.494 e. The summed E-state index contributed by atoms with van der Waals surface area (Å²) in [6.07, 6.45) is 5.91. The lowest BCUT2D eigenvalue weighted by Gasteiger charge is -2.39. The van der Waals surface area contributed by atoms with E-state index in [9.17, 15) is 9.90 Å². The number of anilines is 1. The van der Waals surface area contributed by atoms with Crippen LogP contribution in [0.15, 0.2) is 73.3 Å². The molecule has 0 saturated heterocycles. The zero-order valence-corrected chi connectivity index (χ0v) is 33.5. The zero-order valence-electron chi connectivity index (χ0n) is 32.0. The summed E-state index contributed by atoms with van der Waals surface area (Å²) in [7, 11) is 1.94. The predicted octanol–water partition coefficient (Wildman–Crippen LogP) is 9.22. The molecule has 0 radical (unpaired) electrons. The molecule has 1 N–H and O–H groups in total. The number of nitrogens with zero attached hydrogens (tertiary/aromatic N) is 7. The molecule has 3 aromatic carbocycles. The highest BCUT2D eigenvalue weighted by Crippen LogP contribution is 2.46. The number of fused-ring (bicyclic) bond motifs is 4. The van der Waals surface area contributed by atoms with Gasteiger partial charge in [0.15, 0.2) is 0 Å². The smallest absolute Gasteiger partial charge is 0.352 e. The molecule has 1 amide bonds. The van der Waals surface area contributed by atoms with Gasteiger partial charge in [0.1, 0.15) is 29.0 Å². The zero-order chi connectivity index (χ0) is 39.6. The van der Waals surface area contributed by atoms with E-state index in [1.165, 1.54) is 6.33 Å². The number of carboxylic acids is 1. The predicted molar refractivity (Wildman–Crippen MR) is 220 cm³/mol. The van der Waals surface area contributed by atoms with Crippen molar-refractivity contribution in [1.82, 2.24) is 28.9 Å². The second-order valence-corrected chi connectivity index (χ2v) is 15.4. The Balaban J connectivity index is 1.29. The number of aromatic nitrogens is 6. The molecule has 286 valence electrons. The van der Waals surface area contributed by atoms with Gasteiger partial charge in [-0.2, -0.15) is 5.10 Å². The Bertz CT molecular complexity index is 2670. The number of amides is 1. The van der Waals surface area contributed by atoms with Crippen molar-refractivity contribution in [3.63, 3.8) is 0 Å². The molecule has 5 heterocycles. The number of rotatable bonds is 10. The number of alkyl halides is 1. The third-order valence-electron chi connectivity index (χ3n) is 11.0. The number of carbonyl (C=O) groups is 2. The Morgan fingerprint density at radius 3 is 2.38 bits per heavy atom. The lowest BCUT2D eigenvalue weighted by Crippen LogP contribution is -2.48. The van der Waals surface area contributed by atoms with Crippen LogP contribution in [0.2, 0.25) is 5.02 Å². The van der Waals surface area contributed by atoms with Crippen LogP contribution in [0.25, 0.3) is 32.9 Å². The van der Waals surface area contributed by atoms with E-state index in [2.05, 4.69) is 33.6 Å². The van der Waals surface area contributed by atoms with E-state index in [0.717, 1.165) is 60.9 Å². The summed E-state index contributed by atoms with van der Waals surface area (Å²) in [4.78, 5) is 37.9. The fourth-order valence-electron chi connectivity index (χ4n) is 8.36. The maximum Gasteiger partial charge on any atom is 0.352 e. The fraction of sp³-hybridized carbons (Fsp3) is 0.279. The number of hydrogen-bond acceptors (Lipinski definition) is 6. The molecular weight excluding hydrogens is 749 g/mol. The fourth-order valence-corrected chi connectivity index (χ4v) is 8.78. The SMILES string of the molecule is Cc1cc(OCCCc2c3n(c4c(-c5c(C)nn(C)c5C)cccc24)[C@H](C)C(Cl)N(c2cccc4cc(C(=O)O)n(Cc5cncnc5)c24)C3=O)cc(C)c1Cl. The molecule has 11 nitrogen and oxygen atoms in total. The van der Waals surface area contributed by atoms with Gasteiger partial charge in [0.05, 0.1) is 41.6 Å². The average molecular weight is 791 g/mol. The first-order valence-electron chi connectivity index (χ1n) is 18.5. The quantitative estimate of drug-likeness (QED) is 0.0834. The maximum atomic E-state index is 15.4. The Kier molecular flexibility index (Phi) is 9.62. The van der Waals surface area contributed by atoms with Gasteiger partial charge < -0.3 is 19.0 Å². The summed E-state index contributed by atoms with van der Waals surface area (Å²) in [5.41, 5.74) is 9.21. The third kappa shape index (κ3) is 6.10. The number of aromatic carboxylic acids is 1. The van der Waals surface area contributed by atoms with Crippen LogP contribution in [0.1, 0.15) is 74.0 Å².